The van der Waals surface area contributed by atoms with E-state index in [1.165, 1.54) is 0 Å². The van der Waals surface area contributed by atoms with E-state index in [-0.39, 0.29) is 5.41 Å². The van der Waals surface area contributed by atoms with Crippen molar-refractivity contribution in [2.75, 3.05) is 18.5 Å². The zero-order valence-corrected chi connectivity index (χ0v) is 11.8. The number of anilines is 1. The topological polar surface area (TPSA) is 47.0 Å². The van der Waals surface area contributed by atoms with E-state index >= 15 is 0 Å². The van der Waals surface area contributed by atoms with E-state index in [0.29, 0.717) is 12.5 Å². The number of ether oxygens (including phenoxy) is 1. The number of nitrogens with one attached hydrogen (secondary N) is 1. The maximum absolute atomic E-state index is 5.50. The summed E-state index contributed by atoms with van der Waals surface area (Å²) in [6.45, 7) is 13.4. The second-order valence-electron chi connectivity index (χ2n) is 5.19. The summed E-state index contributed by atoms with van der Waals surface area (Å²) in [7, 11) is 0. The molecule has 0 radical (unpaired) electrons. The highest BCUT2D eigenvalue weighted by Crippen LogP contribution is 2.23. The fraction of sp³-hybridized carbons (Fsp3) is 0.571. The Kier molecular flexibility index (Phi) is 5.13. The molecule has 0 amide bonds. The number of hydrogen-bond donors (Lipinski definition) is 1. The largest absolute Gasteiger partial charge is 0.473 e. The van der Waals surface area contributed by atoms with Crippen molar-refractivity contribution in [2.45, 2.75) is 39.5 Å². The molecule has 0 atom stereocenters. The highest BCUT2D eigenvalue weighted by atomic mass is 16.5. The molecule has 0 saturated heterocycles. The molecule has 4 heteroatoms. The molecule has 1 aromatic rings. The number of hydrogen-bond acceptors (Lipinski definition) is 4. The second kappa shape index (κ2) is 6.38. The van der Waals surface area contributed by atoms with Crippen LogP contribution < -0.4 is 10.1 Å². The SMILES string of the molecule is C=CCOc1cc(NCCC)nc(C(C)(C)C)n1. The van der Waals surface area contributed by atoms with Crippen LogP contribution in [0.25, 0.3) is 0 Å². The zero-order chi connectivity index (χ0) is 13.6. The molecule has 1 heterocycles. The highest BCUT2D eigenvalue weighted by Gasteiger charge is 2.19. The molecule has 1 aromatic heterocycles. The molecule has 1 N–H and O–H groups in total. The Morgan fingerprint density at radius 1 is 1.39 bits per heavy atom. The lowest BCUT2D eigenvalue weighted by Gasteiger charge is -2.18. The fourth-order valence-corrected chi connectivity index (χ4v) is 1.32. The molecule has 0 fully saturated rings. The lowest BCUT2D eigenvalue weighted by Crippen LogP contribution is -2.18. The lowest BCUT2D eigenvalue weighted by atomic mass is 9.96. The van der Waals surface area contributed by atoms with Crippen LogP contribution in [0.2, 0.25) is 0 Å². The Labute approximate surface area is 109 Å². The molecule has 0 aliphatic heterocycles. The van der Waals surface area contributed by atoms with Gasteiger partial charge in [-0.2, -0.15) is 4.98 Å². The van der Waals surface area contributed by atoms with Gasteiger partial charge in [0.05, 0.1) is 0 Å². The van der Waals surface area contributed by atoms with Gasteiger partial charge < -0.3 is 10.1 Å². The minimum absolute atomic E-state index is 0.101. The molecule has 1 rings (SSSR count). The molecule has 0 bridgehead atoms. The summed E-state index contributed by atoms with van der Waals surface area (Å²) in [6.07, 6.45) is 2.76. The van der Waals surface area contributed by atoms with E-state index in [9.17, 15) is 0 Å². The van der Waals surface area contributed by atoms with Crippen LogP contribution in [0.1, 0.15) is 39.9 Å². The highest BCUT2D eigenvalue weighted by molar-refractivity contribution is 5.39. The normalized spacial score (nSPS) is 11.1. The molecule has 0 aliphatic carbocycles. The molecular formula is C14H23N3O. The van der Waals surface area contributed by atoms with Crippen LogP contribution in [0, 0.1) is 0 Å². The predicted molar refractivity (Wildman–Crippen MR) is 75.2 cm³/mol. The van der Waals surface area contributed by atoms with E-state index in [0.717, 1.165) is 24.6 Å². The fourth-order valence-electron chi connectivity index (χ4n) is 1.32. The van der Waals surface area contributed by atoms with Gasteiger partial charge in [-0.3, -0.25) is 0 Å². The number of aromatic nitrogens is 2. The van der Waals surface area contributed by atoms with Crippen molar-refractivity contribution in [3.05, 3.63) is 24.5 Å². The van der Waals surface area contributed by atoms with E-state index in [1.807, 2.05) is 6.07 Å². The van der Waals surface area contributed by atoms with Crippen LogP contribution >= 0.6 is 0 Å². The Bertz CT molecular complexity index is 397. The van der Waals surface area contributed by atoms with Gasteiger partial charge in [-0.25, -0.2) is 4.98 Å². The van der Waals surface area contributed by atoms with Crippen molar-refractivity contribution in [2.24, 2.45) is 0 Å². The van der Waals surface area contributed by atoms with Gasteiger partial charge in [0.1, 0.15) is 18.2 Å². The van der Waals surface area contributed by atoms with E-state index in [1.54, 1.807) is 6.08 Å². The summed E-state index contributed by atoms with van der Waals surface area (Å²) in [4.78, 5) is 8.95. The Hall–Kier alpha value is -1.58. The third kappa shape index (κ3) is 4.35. The summed E-state index contributed by atoms with van der Waals surface area (Å²) in [5.74, 6) is 2.19. The molecule has 0 aliphatic rings. The minimum Gasteiger partial charge on any atom is -0.473 e. The lowest BCUT2D eigenvalue weighted by molar-refractivity contribution is 0.343. The van der Waals surface area contributed by atoms with Crippen molar-refractivity contribution in [3.63, 3.8) is 0 Å². The number of rotatable bonds is 6. The van der Waals surface area contributed by atoms with Gasteiger partial charge in [-0.1, -0.05) is 40.3 Å². The van der Waals surface area contributed by atoms with Gasteiger partial charge in [0.25, 0.3) is 0 Å². The first-order valence-corrected chi connectivity index (χ1v) is 6.34. The molecule has 100 valence electrons. The predicted octanol–water partition coefficient (Wildman–Crippen LogP) is 3.16. The molecule has 0 aromatic carbocycles. The summed E-state index contributed by atoms with van der Waals surface area (Å²) in [6, 6.07) is 1.83. The second-order valence-corrected chi connectivity index (χ2v) is 5.19. The van der Waals surface area contributed by atoms with Crippen LogP contribution in [0.5, 0.6) is 5.88 Å². The Balaban J connectivity index is 2.99. The van der Waals surface area contributed by atoms with E-state index in [2.05, 4.69) is 49.6 Å². The number of nitrogens with zero attached hydrogens (tertiary/aromatic N) is 2. The molecule has 4 nitrogen and oxygen atoms in total. The molecule has 0 unspecified atom stereocenters. The molecular weight excluding hydrogens is 226 g/mol. The van der Waals surface area contributed by atoms with Gasteiger partial charge in [0, 0.05) is 18.0 Å². The quantitative estimate of drug-likeness (QED) is 0.787. The summed E-state index contributed by atoms with van der Waals surface area (Å²) in [5, 5.41) is 3.27. The first-order chi connectivity index (χ1) is 8.47. The summed E-state index contributed by atoms with van der Waals surface area (Å²) >= 11 is 0. The first-order valence-electron chi connectivity index (χ1n) is 6.34. The van der Waals surface area contributed by atoms with Crippen molar-refractivity contribution in [1.82, 2.24) is 9.97 Å². The standard InChI is InChI=1S/C14H23N3O/c1-6-8-15-11-10-12(18-9-7-2)17-13(16-11)14(3,4)5/h7,10H,2,6,8-9H2,1,3-5H3,(H,15,16,17). The molecule has 0 spiro atoms. The average Bonchev–Trinajstić information content (AvgIpc) is 2.32. The van der Waals surface area contributed by atoms with E-state index in [4.69, 9.17) is 4.74 Å². The van der Waals surface area contributed by atoms with Crippen LogP contribution in [0.3, 0.4) is 0 Å². The van der Waals surface area contributed by atoms with Gasteiger partial charge in [-0.05, 0) is 6.42 Å². The van der Waals surface area contributed by atoms with Crippen molar-refractivity contribution < 1.29 is 4.74 Å². The maximum Gasteiger partial charge on any atom is 0.219 e. The van der Waals surface area contributed by atoms with E-state index < -0.39 is 0 Å². The summed E-state index contributed by atoms with van der Waals surface area (Å²) in [5.41, 5.74) is -0.101. The first kappa shape index (κ1) is 14.5. The van der Waals surface area contributed by atoms with Crippen molar-refractivity contribution in [1.29, 1.82) is 0 Å². The monoisotopic (exact) mass is 249 g/mol. The van der Waals surface area contributed by atoms with Crippen LogP contribution in [0.4, 0.5) is 5.82 Å². The smallest absolute Gasteiger partial charge is 0.219 e. The van der Waals surface area contributed by atoms with Crippen LogP contribution in [0.15, 0.2) is 18.7 Å². The molecule has 18 heavy (non-hydrogen) atoms. The third-order valence-electron chi connectivity index (χ3n) is 2.28. The average molecular weight is 249 g/mol. The molecule has 0 saturated carbocycles. The van der Waals surface area contributed by atoms with Crippen molar-refractivity contribution >= 4 is 5.82 Å². The summed E-state index contributed by atoms with van der Waals surface area (Å²) < 4.78 is 5.50. The van der Waals surface area contributed by atoms with Crippen molar-refractivity contribution in [3.8, 4) is 5.88 Å². The van der Waals surface area contributed by atoms with Crippen LogP contribution in [-0.2, 0) is 5.41 Å². The van der Waals surface area contributed by atoms with Gasteiger partial charge in [-0.15, -0.1) is 0 Å². The van der Waals surface area contributed by atoms with Gasteiger partial charge in [0.2, 0.25) is 5.88 Å². The minimum atomic E-state index is -0.101. The zero-order valence-electron chi connectivity index (χ0n) is 11.8. The maximum atomic E-state index is 5.50. The van der Waals surface area contributed by atoms with Gasteiger partial charge >= 0.3 is 0 Å². The van der Waals surface area contributed by atoms with Crippen LogP contribution in [-0.4, -0.2) is 23.1 Å². The van der Waals surface area contributed by atoms with Gasteiger partial charge in [0.15, 0.2) is 0 Å². The Morgan fingerprint density at radius 3 is 2.67 bits per heavy atom. The third-order valence-corrected chi connectivity index (χ3v) is 2.28. The Morgan fingerprint density at radius 2 is 2.11 bits per heavy atom.